The molecule has 3 heterocycles. The van der Waals surface area contributed by atoms with E-state index in [1.165, 1.54) is 18.6 Å². The summed E-state index contributed by atoms with van der Waals surface area (Å²) in [6.07, 6.45) is 3.14. The van der Waals surface area contributed by atoms with Crippen LogP contribution in [0.1, 0.15) is 34.1 Å². The number of amides is 1. The first-order valence-corrected chi connectivity index (χ1v) is 9.61. The van der Waals surface area contributed by atoms with Gasteiger partial charge in [0.2, 0.25) is 5.91 Å². The van der Waals surface area contributed by atoms with Crippen LogP contribution in [0.3, 0.4) is 0 Å². The highest BCUT2D eigenvalue weighted by Gasteiger charge is 2.34. The number of ether oxygens (including phenoxy) is 1. The van der Waals surface area contributed by atoms with Gasteiger partial charge in [0.05, 0.1) is 42.0 Å². The predicted octanol–water partition coefficient (Wildman–Crippen LogP) is -1.69. The molecule has 1 amide bonds. The van der Waals surface area contributed by atoms with E-state index in [0.29, 0.717) is 24.2 Å². The Bertz CT molecular complexity index is 966. The Morgan fingerprint density at radius 1 is 1.43 bits per heavy atom. The number of nitrogens with one attached hydrogen (secondary N) is 1. The molecular formula is C18H21BN4O7-2. The van der Waals surface area contributed by atoms with Crippen molar-refractivity contribution in [2.75, 3.05) is 13.1 Å². The van der Waals surface area contributed by atoms with Crippen molar-refractivity contribution in [3.63, 3.8) is 0 Å². The Balaban J connectivity index is 1.50. The van der Waals surface area contributed by atoms with Gasteiger partial charge in [0.1, 0.15) is 17.9 Å². The maximum Gasteiger partial charge on any atom is 0.430 e. The lowest BCUT2D eigenvalue weighted by atomic mass is 9.70. The summed E-state index contributed by atoms with van der Waals surface area (Å²) in [5.41, 5.74) is 6.62. The molecule has 12 heteroatoms. The topological polar surface area (TPSA) is 174 Å². The van der Waals surface area contributed by atoms with Gasteiger partial charge in [0.25, 0.3) is 0 Å². The Morgan fingerprint density at radius 3 is 2.93 bits per heavy atom. The van der Waals surface area contributed by atoms with Crippen molar-refractivity contribution in [3.05, 3.63) is 41.5 Å². The second-order valence-electron chi connectivity index (χ2n) is 7.53. The Labute approximate surface area is 171 Å². The quantitative estimate of drug-likeness (QED) is 0.415. The molecule has 1 saturated heterocycles. The number of rotatable bonds is 5. The highest BCUT2D eigenvalue weighted by atomic mass is 16.6. The number of carboxylic acid groups (broad SMARTS) is 1. The minimum absolute atomic E-state index is 0.0144. The van der Waals surface area contributed by atoms with Gasteiger partial charge in [0, 0.05) is 13.0 Å². The van der Waals surface area contributed by atoms with E-state index in [1.807, 2.05) is 0 Å². The third-order valence-corrected chi connectivity index (χ3v) is 5.37. The van der Waals surface area contributed by atoms with Gasteiger partial charge in [0.15, 0.2) is 0 Å². The number of fused-ring (bicyclic) bond motifs is 1. The van der Waals surface area contributed by atoms with Crippen LogP contribution in [0.2, 0.25) is 6.32 Å². The minimum Gasteiger partial charge on any atom is -0.669 e. The second kappa shape index (κ2) is 7.63. The number of carbonyl (C=O) groups excluding carboxylic acids is 2. The number of nitrogens with zero attached hydrogens (tertiary/aromatic N) is 2. The fraction of sp³-hybridized carbons (Fsp3) is 0.389. The van der Waals surface area contributed by atoms with Crippen LogP contribution in [0, 0.1) is 0 Å². The zero-order valence-electron chi connectivity index (χ0n) is 16.0. The molecule has 1 fully saturated rings. The second-order valence-corrected chi connectivity index (χ2v) is 7.53. The van der Waals surface area contributed by atoms with Crippen molar-refractivity contribution < 1.29 is 34.1 Å². The number of aromatic amines is 1. The summed E-state index contributed by atoms with van der Waals surface area (Å²) in [6.45, 7) is -2.53. The van der Waals surface area contributed by atoms with E-state index in [4.69, 9.17) is 15.1 Å². The van der Waals surface area contributed by atoms with Crippen molar-refractivity contribution in [1.29, 1.82) is 0 Å². The summed E-state index contributed by atoms with van der Waals surface area (Å²) in [6, 6.07) is 2.23. The highest BCUT2D eigenvalue weighted by molar-refractivity contribution is 6.59. The molecule has 0 aliphatic carbocycles. The molecule has 2 aromatic rings. The molecule has 0 spiro atoms. The number of H-pyrrole nitrogens is 1. The van der Waals surface area contributed by atoms with E-state index in [2.05, 4.69) is 9.97 Å². The summed E-state index contributed by atoms with van der Waals surface area (Å²) in [4.78, 5) is 32.6. The average Bonchev–Trinajstić information content (AvgIpc) is 3.37. The first-order valence-electron chi connectivity index (χ1n) is 9.61. The van der Waals surface area contributed by atoms with Gasteiger partial charge in [-0.05, 0) is 18.1 Å². The predicted molar refractivity (Wildman–Crippen MR) is 101 cm³/mol. The lowest BCUT2D eigenvalue weighted by Gasteiger charge is -2.38. The number of carbonyl (C=O) groups is 2. The summed E-state index contributed by atoms with van der Waals surface area (Å²) < 4.78 is 11.0. The lowest BCUT2D eigenvalue weighted by Crippen LogP contribution is -2.46. The molecule has 0 radical (unpaired) electrons. The molecule has 2 aliphatic rings. The number of hydrogen-bond donors (Lipinski definition) is 4. The summed E-state index contributed by atoms with van der Waals surface area (Å²) >= 11 is 0. The van der Waals surface area contributed by atoms with Gasteiger partial charge in [-0.15, -0.1) is 0 Å². The number of imidazole rings is 1. The van der Waals surface area contributed by atoms with Gasteiger partial charge in [-0.1, -0.05) is 12.4 Å². The molecule has 1 unspecified atom stereocenters. The molecule has 2 aliphatic heterocycles. The van der Waals surface area contributed by atoms with Crippen molar-refractivity contribution in [3.8, 4) is 11.5 Å². The van der Waals surface area contributed by atoms with Crippen LogP contribution in [0.25, 0.3) is 0 Å². The number of hydrogen-bond acceptors (Lipinski definition) is 9. The highest BCUT2D eigenvalue weighted by Crippen LogP contribution is 2.38. The van der Waals surface area contributed by atoms with Crippen molar-refractivity contribution in [2.24, 2.45) is 5.73 Å². The number of likely N-dealkylation sites (tertiary alicyclic amines) is 1. The minimum atomic E-state index is -3.14. The number of aromatic carboxylic acids is 1. The van der Waals surface area contributed by atoms with Crippen molar-refractivity contribution in [2.45, 2.75) is 31.3 Å². The lowest BCUT2D eigenvalue weighted by molar-refractivity contribution is -0.255. The van der Waals surface area contributed by atoms with Crippen LogP contribution in [0.15, 0.2) is 24.7 Å². The van der Waals surface area contributed by atoms with Crippen molar-refractivity contribution >= 4 is 18.6 Å². The normalized spacial score (nSPS) is 20.9. The Kier molecular flexibility index (Phi) is 5.14. The Hall–Kier alpha value is -3.09. The molecule has 1 aromatic heterocycles. The average molecular weight is 416 g/mol. The molecule has 0 bridgehead atoms. The van der Waals surface area contributed by atoms with E-state index in [9.17, 15) is 24.7 Å². The molecule has 1 aromatic carbocycles. The number of nitrogens with two attached hydrogens (primary N) is 1. The number of carboxylic acids is 1. The fourth-order valence-electron chi connectivity index (χ4n) is 3.79. The molecule has 11 nitrogen and oxygen atoms in total. The first kappa shape index (κ1) is 20.2. The molecule has 2 atom stereocenters. The largest absolute Gasteiger partial charge is 0.669 e. The summed E-state index contributed by atoms with van der Waals surface area (Å²) in [7, 11) is 0. The van der Waals surface area contributed by atoms with Gasteiger partial charge in [-0.3, -0.25) is 4.79 Å². The molecule has 5 N–H and O–H groups in total. The number of aryl methyl sites for hydroxylation is 1. The van der Waals surface area contributed by atoms with Crippen molar-refractivity contribution in [1.82, 2.24) is 14.9 Å². The maximum absolute atomic E-state index is 12.6. The summed E-state index contributed by atoms with van der Waals surface area (Å²) in [5, 5.41) is 31.4. The zero-order valence-corrected chi connectivity index (χ0v) is 16.0. The third kappa shape index (κ3) is 3.84. The standard InChI is InChI=1S/C18H22BN4O7/c20-15(12-7-21-9-22-12)17(24)23-6-4-11(8-23)29-13-2-1-10-3-5-19(27,28)30-16(10)14(13)18(25)26/h1-2,7,9,11,15,27-28H,3-6,8,20H2,(H,21,22)(H,25,26)/q-1/p-1/t11-,15?/m0/s1. The van der Waals surface area contributed by atoms with Crippen LogP contribution in [0.4, 0.5) is 0 Å². The van der Waals surface area contributed by atoms with E-state index >= 15 is 0 Å². The number of benzene rings is 1. The molecular weight excluding hydrogens is 395 g/mol. The zero-order chi connectivity index (χ0) is 21.5. The smallest absolute Gasteiger partial charge is 0.430 e. The molecule has 160 valence electrons. The molecule has 30 heavy (non-hydrogen) atoms. The van der Waals surface area contributed by atoms with E-state index < -0.39 is 24.9 Å². The first-order chi connectivity index (χ1) is 14.2. The molecule has 0 saturated carbocycles. The van der Waals surface area contributed by atoms with Crippen LogP contribution in [0.5, 0.6) is 11.5 Å². The van der Waals surface area contributed by atoms with E-state index in [-0.39, 0.29) is 42.3 Å². The maximum atomic E-state index is 12.6. The Morgan fingerprint density at radius 2 is 2.23 bits per heavy atom. The third-order valence-electron chi connectivity index (χ3n) is 5.37. The number of aromatic nitrogens is 2. The SMILES string of the molecule is NC(C(=O)N1CC[C@H](Oc2ccc3c(c2C(=O)[O-])O[B-](O)(O)CC3)C1)c1cnc[nH]1. The monoisotopic (exact) mass is 416 g/mol. The van der Waals surface area contributed by atoms with E-state index in [1.54, 1.807) is 11.0 Å². The van der Waals surface area contributed by atoms with Crippen LogP contribution < -0.4 is 20.2 Å². The van der Waals surface area contributed by atoms with Gasteiger partial charge in [-0.2, -0.15) is 0 Å². The van der Waals surface area contributed by atoms with Crippen LogP contribution >= 0.6 is 0 Å². The summed E-state index contributed by atoms with van der Waals surface area (Å²) in [5.74, 6) is -2.02. The van der Waals surface area contributed by atoms with Gasteiger partial charge in [-0.25, -0.2) is 4.98 Å². The van der Waals surface area contributed by atoms with Gasteiger partial charge >= 0.3 is 6.75 Å². The van der Waals surface area contributed by atoms with Gasteiger partial charge < -0.3 is 45.0 Å². The van der Waals surface area contributed by atoms with E-state index in [0.717, 1.165) is 0 Å². The molecule has 4 rings (SSSR count). The fourth-order valence-corrected chi connectivity index (χ4v) is 3.79. The van der Waals surface area contributed by atoms with Crippen LogP contribution in [-0.4, -0.2) is 62.7 Å². The van der Waals surface area contributed by atoms with Crippen LogP contribution in [-0.2, 0) is 11.2 Å².